The third-order valence-electron chi connectivity index (χ3n) is 2.35. The van der Waals surface area contributed by atoms with Gasteiger partial charge in [-0.15, -0.1) is 0 Å². The fourth-order valence-corrected chi connectivity index (χ4v) is 1.60. The van der Waals surface area contributed by atoms with Crippen molar-refractivity contribution in [3.05, 3.63) is 23.9 Å². The summed E-state index contributed by atoms with van der Waals surface area (Å²) in [4.78, 5) is 6.46. The smallest absolute Gasteiger partial charge is 0.129 e. The van der Waals surface area contributed by atoms with Crippen molar-refractivity contribution in [3.63, 3.8) is 0 Å². The maximum atomic E-state index is 8.88. The first-order chi connectivity index (χ1) is 8.17. The highest BCUT2D eigenvalue weighted by molar-refractivity contribution is 5.44. The van der Waals surface area contributed by atoms with Crippen LogP contribution in [0.4, 0.5) is 5.82 Å². The molecule has 17 heavy (non-hydrogen) atoms. The first-order valence-electron chi connectivity index (χ1n) is 5.77. The van der Waals surface area contributed by atoms with E-state index in [1.807, 2.05) is 6.07 Å². The van der Waals surface area contributed by atoms with Crippen molar-refractivity contribution in [2.45, 2.75) is 13.8 Å². The van der Waals surface area contributed by atoms with Gasteiger partial charge < -0.3 is 9.64 Å². The van der Waals surface area contributed by atoms with E-state index in [4.69, 9.17) is 10.00 Å². The Morgan fingerprint density at radius 3 is 2.88 bits per heavy atom. The summed E-state index contributed by atoms with van der Waals surface area (Å²) in [5, 5.41) is 8.88. The van der Waals surface area contributed by atoms with Crippen LogP contribution in [0.25, 0.3) is 0 Å². The molecule has 0 saturated heterocycles. The zero-order valence-corrected chi connectivity index (χ0v) is 10.7. The van der Waals surface area contributed by atoms with Crippen molar-refractivity contribution in [2.75, 3.05) is 31.7 Å². The van der Waals surface area contributed by atoms with Crippen LogP contribution in [-0.2, 0) is 4.74 Å². The molecule has 4 heteroatoms. The molecule has 0 radical (unpaired) electrons. The summed E-state index contributed by atoms with van der Waals surface area (Å²) in [6, 6.07) is 5.67. The molecule has 92 valence electrons. The summed E-state index contributed by atoms with van der Waals surface area (Å²) in [5.41, 5.74) is 0.640. The van der Waals surface area contributed by atoms with Gasteiger partial charge in [0.2, 0.25) is 0 Å². The molecule has 0 unspecified atom stereocenters. The lowest BCUT2D eigenvalue weighted by Crippen LogP contribution is -2.31. The van der Waals surface area contributed by atoms with Crippen LogP contribution in [0.2, 0.25) is 0 Å². The van der Waals surface area contributed by atoms with Crippen LogP contribution in [0.15, 0.2) is 18.3 Å². The molecule has 0 aromatic carbocycles. The molecule has 0 saturated carbocycles. The third kappa shape index (κ3) is 4.41. The predicted octanol–water partition coefficient (Wildman–Crippen LogP) is 2.06. The fraction of sp³-hybridized carbons (Fsp3) is 0.538. The first-order valence-corrected chi connectivity index (χ1v) is 5.77. The quantitative estimate of drug-likeness (QED) is 0.754. The zero-order valence-electron chi connectivity index (χ0n) is 10.7. The van der Waals surface area contributed by atoms with Gasteiger partial charge in [-0.05, 0) is 18.1 Å². The van der Waals surface area contributed by atoms with Crippen LogP contribution in [0.5, 0.6) is 0 Å². The third-order valence-corrected chi connectivity index (χ3v) is 2.35. The number of methoxy groups -OCH3 is 1. The Labute approximate surface area is 103 Å². The molecule has 0 aliphatic heterocycles. The van der Waals surface area contributed by atoms with E-state index in [1.165, 1.54) is 0 Å². The van der Waals surface area contributed by atoms with Crippen LogP contribution in [0, 0.1) is 17.2 Å². The maximum absolute atomic E-state index is 8.88. The van der Waals surface area contributed by atoms with Gasteiger partial charge in [-0.25, -0.2) is 4.98 Å². The Balaban J connectivity index is 2.83. The number of pyridine rings is 1. The van der Waals surface area contributed by atoms with Gasteiger partial charge in [-0.1, -0.05) is 13.8 Å². The van der Waals surface area contributed by atoms with Crippen LogP contribution >= 0.6 is 0 Å². The van der Waals surface area contributed by atoms with E-state index >= 15 is 0 Å². The molecule has 1 heterocycles. The minimum absolute atomic E-state index is 0.541. The Morgan fingerprint density at radius 1 is 1.53 bits per heavy atom. The zero-order chi connectivity index (χ0) is 12.7. The van der Waals surface area contributed by atoms with Crippen LogP contribution in [0.1, 0.15) is 19.4 Å². The highest BCUT2D eigenvalue weighted by Crippen LogP contribution is 2.13. The average molecular weight is 233 g/mol. The van der Waals surface area contributed by atoms with E-state index < -0.39 is 0 Å². The minimum Gasteiger partial charge on any atom is -0.383 e. The Morgan fingerprint density at radius 2 is 2.29 bits per heavy atom. The highest BCUT2D eigenvalue weighted by Gasteiger charge is 2.10. The average Bonchev–Trinajstić information content (AvgIpc) is 2.34. The van der Waals surface area contributed by atoms with Crippen LogP contribution in [-0.4, -0.2) is 31.8 Å². The number of nitrogens with zero attached hydrogens (tertiary/aromatic N) is 3. The largest absolute Gasteiger partial charge is 0.383 e. The lowest BCUT2D eigenvalue weighted by atomic mass is 10.2. The van der Waals surface area contributed by atoms with Gasteiger partial charge in [0.15, 0.2) is 0 Å². The van der Waals surface area contributed by atoms with Crippen LogP contribution in [0.3, 0.4) is 0 Å². The normalized spacial score (nSPS) is 10.3. The Hall–Kier alpha value is -1.60. The highest BCUT2D eigenvalue weighted by atomic mass is 16.5. The van der Waals surface area contributed by atoms with Crippen molar-refractivity contribution in [1.29, 1.82) is 5.26 Å². The molecule has 0 fully saturated rings. The summed E-state index contributed by atoms with van der Waals surface area (Å²) in [6.45, 7) is 6.68. The molecular weight excluding hydrogens is 214 g/mol. The van der Waals surface area contributed by atoms with E-state index in [9.17, 15) is 0 Å². The molecule has 0 aliphatic carbocycles. The maximum Gasteiger partial charge on any atom is 0.129 e. The van der Waals surface area contributed by atoms with Gasteiger partial charge in [0.1, 0.15) is 5.82 Å². The summed E-state index contributed by atoms with van der Waals surface area (Å²) in [6.07, 6.45) is 1.67. The molecular formula is C13H19N3O. The summed E-state index contributed by atoms with van der Waals surface area (Å²) in [7, 11) is 1.69. The van der Waals surface area contributed by atoms with E-state index in [0.29, 0.717) is 18.1 Å². The van der Waals surface area contributed by atoms with Crippen LogP contribution < -0.4 is 4.90 Å². The van der Waals surface area contributed by atoms with Crippen molar-refractivity contribution in [3.8, 4) is 6.07 Å². The van der Waals surface area contributed by atoms with Crippen molar-refractivity contribution >= 4 is 5.82 Å². The summed E-state index contributed by atoms with van der Waals surface area (Å²) < 4.78 is 5.10. The van der Waals surface area contributed by atoms with Gasteiger partial charge in [0, 0.05) is 26.4 Å². The van der Waals surface area contributed by atoms with Gasteiger partial charge in [-0.3, -0.25) is 0 Å². The molecule has 4 nitrogen and oxygen atoms in total. The Kier molecular flexibility index (Phi) is 5.44. The standard InChI is InChI=1S/C13H19N3O/c1-11(2)10-16(6-7-17-3)13-8-12(9-14)4-5-15-13/h4-5,8,11H,6-7,10H2,1-3H3. The lowest BCUT2D eigenvalue weighted by molar-refractivity contribution is 0.204. The number of hydrogen-bond donors (Lipinski definition) is 0. The minimum atomic E-state index is 0.541. The van der Waals surface area contributed by atoms with E-state index in [-0.39, 0.29) is 0 Å². The topological polar surface area (TPSA) is 49.1 Å². The Bertz CT molecular complexity index is 384. The molecule has 0 amide bonds. The van der Waals surface area contributed by atoms with Crippen molar-refractivity contribution < 1.29 is 4.74 Å². The molecule has 1 rings (SSSR count). The number of rotatable bonds is 6. The second-order valence-electron chi connectivity index (χ2n) is 4.35. The fourth-order valence-electron chi connectivity index (χ4n) is 1.60. The van der Waals surface area contributed by atoms with Gasteiger partial charge in [0.05, 0.1) is 18.2 Å². The van der Waals surface area contributed by atoms with E-state index in [0.717, 1.165) is 18.9 Å². The van der Waals surface area contributed by atoms with Gasteiger partial charge in [-0.2, -0.15) is 5.26 Å². The molecule has 0 bridgehead atoms. The first kappa shape index (κ1) is 13.5. The second kappa shape index (κ2) is 6.87. The lowest BCUT2D eigenvalue weighted by Gasteiger charge is -2.25. The number of hydrogen-bond acceptors (Lipinski definition) is 4. The number of nitriles is 1. The molecule has 0 aliphatic rings. The molecule has 1 aromatic heterocycles. The number of ether oxygens (including phenoxy) is 1. The summed E-state index contributed by atoms with van der Waals surface area (Å²) in [5.74, 6) is 1.38. The van der Waals surface area contributed by atoms with Gasteiger partial charge in [0.25, 0.3) is 0 Å². The monoisotopic (exact) mass is 233 g/mol. The predicted molar refractivity (Wildman–Crippen MR) is 67.9 cm³/mol. The number of anilines is 1. The molecule has 0 spiro atoms. The SMILES string of the molecule is COCCN(CC(C)C)c1cc(C#N)ccn1. The molecule has 1 aromatic rings. The van der Waals surface area contributed by atoms with Gasteiger partial charge >= 0.3 is 0 Å². The van der Waals surface area contributed by atoms with E-state index in [1.54, 1.807) is 19.4 Å². The molecule has 0 N–H and O–H groups in total. The second-order valence-corrected chi connectivity index (χ2v) is 4.35. The summed E-state index contributed by atoms with van der Waals surface area (Å²) >= 11 is 0. The van der Waals surface area contributed by atoms with Crippen molar-refractivity contribution in [1.82, 2.24) is 4.98 Å². The number of aromatic nitrogens is 1. The van der Waals surface area contributed by atoms with Crippen molar-refractivity contribution in [2.24, 2.45) is 5.92 Å². The molecule has 0 atom stereocenters. The van der Waals surface area contributed by atoms with E-state index in [2.05, 4.69) is 29.8 Å².